The Morgan fingerprint density at radius 3 is 2.41 bits per heavy atom. The molecular weight excluding hydrogens is 384 g/mol. The molecule has 0 aromatic heterocycles. The first-order valence-corrected chi connectivity index (χ1v) is 11.0. The van der Waals surface area contributed by atoms with E-state index in [2.05, 4.69) is 5.32 Å². The Hall–Kier alpha value is -1.89. The summed E-state index contributed by atoms with van der Waals surface area (Å²) in [5.74, 6) is -0.313. The highest BCUT2D eigenvalue weighted by molar-refractivity contribution is 7.88. The van der Waals surface area contributed by atoms with Crippen LogP contribution in [0.3, 0.4) is 0 Å². The number of hydrogen-bond donors (Lipinski definition) is 1. The van der Waals surface area contributed by atoms with Gasteiger partial charge in [-0.25, -0.2) is 8.42 Å². The molecule has 0 spiro atoms. The number of benzene rings is 2. The summed E-state index contributed by atoms with van der Waals surface area (Å²) >= 11 is 6.11. The zero-order valence-electron chi connectivity index (χ0n) is 15.6. The van der Waals surface area contributed by atoms with Crippen molar-refractivity contribution >= 4 is 27.5 Å². The van der Waals surface area contributed by atoms with Crippen LogP contribution in [-0.4, -0.2) is 38.0 Å². The van der Waals surface area contributed by atoms with E-state index in [0.29, 0.717) is 11.6 Å². The van der Waals surface area contributed by atoms with Crippen LogP contribution in [-0.2, 0) is 27.8 Å². The molecule has 1 amide bonds. The molecule has 0 unspecified atom stereocenters. The van der Waals surface area contributed by atoms with Crippen molar-refractivity contribution in [2.45, 2.75) is 26.3 Å². The third-order valence-electron chi connectivity index (χ3n) is 4.17. The first-order chi connectivity index (χ1) is 12.8. The predicted octanol–water partition coefficient (Wildman–Crippen LogP) is 3.16. The van der Waals surface area contributed by atoms with Crippen LogP contribution in [0.25, 0.3) is 0 Å². The molecule has 0 aliphatic carbocycles. The Labute approximate surface area is 166 Å². The van der Waals surface area contributed by atoms with E-state index in [-0.39, 0.29) is 19.0 Å². The molecule has 27 heavy (non-hydrogen) atoms. The molecule has 0 radical (unpaired) electrons. The standard InChI is InChI=1S/C20H25ClN2O3S/c1-16-9-11-17(12-10-16)14-23(27(2,25)26)15-20(24)22-13-5-7-18-6-3-4-8-19(18)21/h3-4,6,8-12H,5,7,13-15H2,1-2H3,(H,22,24). The van der Waals surface area contributed by atoms with E-state index >= 15 is 0 Å². The third-order valence-corrected chi connectivity index (χ3v) is 5.74. The topological polar surface area (TPSA) is 66.5 Å². The summed E-state index contributed by atoms with van der Waals surface area (Å²) in [6, 6.07) is 15.2. The van der Waals surface area contributed by atoms with Crippen LogP contribution in [0.15, 0.2) is 48.5 Å². The summed E-state index contributed by atoms with van der Waals surface area (Å²) in [5.41, 5.74) is 2.98. The Kier molecular flexibility index (Phi) is 7.83. The van der Waals surface area contributed by atoms with Gasteiger partial charge >= 0.3 is 0 Å². The number of carbonyl (C=O) groups is 1. The van der Waals surface area contributed by atoms with Crippen LogP contribution in [0.5, 0.6) is 0 Å². The number of sulfonamides is 1. The van der Waals surface area contributed by atoms with Crippen molar-refractivity contribution < 1.29 is 13.2 Å². The molecule has 0 atom stereocenters. The molecule has 0 saturated carbocycles. The van der Waals surface area contributed by atoms with E-state index in [1.807, 2.05) is 55.5 Å². The fourth-order valence-corrected chi connectivity index (χ4v) is 3.58. The minimum atomic E-state index is -3.49. The van der Waals surface area contributed by atoms with Gasteiger partial charge in [0.1, 0.15) is 0 Å². The van der Waals surface area contributed by atoms with Gasteiger partial charge in [-0.1, -0.05) is 59.6 Å². The summed E-state index contributed by atoms with van der Waals surface area (Å²) in [6.45, 7) is 2.41. The first-order valence-electron chi connectivity index (χ1n) is 8.76. The van der Waals surface area contributed by atoms with Crippen molar-refractivity contribution in [3.8, 4) is 0 Å². The van der Waals surface area contributed by atoms with E-state index < -0.39 is 10.0 Å². The quantitative estimate of drug-likeness (QED) is 0.648. The molecule has 2 aromatic carbocycles. The van der Waals surface area contributed by atoms with Crippen LogP contribution in [0.1, 0.15) is 23.1 Å². The number of carbonyl (C=O) groups excluding carboxylic acids is 1. The normalized spacial score (nSPS) is 11.6. The lowest BCUT2D eigenvalue weighted by Crippen LogP contribution is -2.40. The summed E-state index contributed by atoms with van der Waals surface area (Å²) in [4.78, 5) is 12.2. The molecule has 0 aliphatic rings. The molecule has 2 rings (SSSR count). The van der Waals surface area contributed by atoms with Crippen LogP contribution < -0.4 is 5.32 Å². The van der Waals surface area contributed by atoms with Gasteiger partial charge < -0.3 is 5.32 Å². The maximum atomic E-state index is 12.2. The number of nitrogens with zero attached hydrogens (tertiary/aromatic N) is 1. The predicted molar refractivity (Wildman–Crippen MR) is 109 cm³/mol. The van der Waals surface area contributed by atoms with Gasteiger partial charge in [0.2, 0.25) is 15.9 Å². The second kappa shape index (κ2) is 9.88. The van der Waals surface area contributed by atoms with Crippen LogP contribution in [0.4, 0.5) is 0 Å². The van der Waals surface area contributed by atoms with E-state index in [1.54, 1.807) is 0 Å². The molecule has 0 heterocycles. The fraction of sp³-hybridized carbons (Fsp3) is 0.350. The Bertz CT molecular complexity index is 867. The number of rotatable bonds is 9. The van der Waals surface area contributed by atoms with Gasteiger partial charge in [-0.15, -0.1) is 0 Å². The molecule has 0 fully saturated rings. The lowest BCUT2D eigenvalue weighted by molar-refractivity contribution is -0.121. The van der Waals surface area contributed by atoms with Gasteiger partial charge in [0.25, 0.3) is 0 Å². The monoisotopic (exact) mass is 408 g/mol. The van der Waals surface area contributed by atoms with Crippen LogP contribution >= 0.6 is 11.6 Å². The maximum Gasteiger partial charge on any atom is 0.235 e. The number of amides is 1. The SMILES string of the molecule is Cc1ccc(CN(CC(=O)NCCCc2ccccc2Cl)S(C)(=O)=O)cc1. The fourth-order valence-electron chi connectivity index (χ4n) is 2.61. The molecule has 1 N–H and O–H groups in total. The molecule has 0 saturated heterocycles. The maximum absolute atomic E-state index is 12.2. The summed E-state index contributed by atoms with van der Waals surface area (Å²) < 4.78 is 25.2. The largest absolute Gasteiger partial charge is 0.355 e. The average molecular weight is 409 g/mol. The van der Waals surface area contributed by atoms with Gasteiger partial charge in [-0.05, 0) is 37.0 Å². The van der Waals surface area contributed by atoms with E-state index in [9.17, 15) is 13.2 Å². The average Bonchev–Trinajstić information content (AvgIpc) is 2.60. The third kappa shape index (κ3) is 7.33. The summed E-state index contributed by atoms with van der Waals surface area (Å²) in [7, 11) is -3.49. The number of halogens is 1. The summed E-state index contributed by atoms with van der Waals surface area (Å²) in [6.07, 6.45) is 2.59. The van der Waals surface area contributed by atoms with Gasteiger partial charge in [-0.3, -0.25) is 4.79 Å². The van der Waals surface area contributed by atoms with E-state index in [4.69, 9.17) is 11.6 Å². The van der Waals surface area contributed by atoms with Crippen LogP contribution in [0, 0.1) is 6.92 Å². The van der Waals surface area contributed by atoms with Crippen molar-refractivity contribution in [2.24, 2.45) is 0 Å². The number of nitrogens with one attached hydrogen (secondary N) is 1. The van der Waals surface area contributed by atoms with Gasteiger partial charge in [-0.2, -0.15) is 4.31 Å². The van der Waals surface area contributed by atoms with Crippen LogP contribution in [0.2, 0.25) is 5.02 Å². The molecule has 0 bridgehead atoms. The molecule has 7 heteroatoms. The zero-order valence-corrected chi connectivity index (χ0v) is 17.2. The molecule has 146 valence electrons. The van der Waals surface area contributed by atoms with Crippen molar-refractivity contribution in [1.82, 2.24) is 9.62 Å². The minimum Gasteiger partial charge on any atom is -0.355 e. The van der Waals surface area contributed by atoms with Crippen molar-refractivity contribution in [3.63, 3.8) is 0 Å². The van der Waals surface area contributed by atoms with Crippen molar-refractivity contribution in [2.75, 3.05) is 19.3 Å². The Morgan fingerprint density at radius 2 is 1.78 bits per heavy atom. The highest BCUT2D eigenvalue weighted by Crippen LogP contribution is 2.16. The molecule has 2 aromatic rings. The Balaban J connectivity index is 1.84. The van der Waals surface area contributed by atoms with Gasteiger partial charge in [0.15, 0.2) is 0 Å². The minimum absolute atomic E-state index is 0.173. The second-order valence-corrected chi connectivity index (χ2v) is 8.95. The first kappa shape index (κ1) is 21.4. The number of hydrogen-bond acceptors (Lipinski definition) is 3. The van der Waals surface area contributed by atoms with Crippen molar-refractivity contribution in [3.05, 3.63) is 70.2 Å². The second-order valence-electron chi connectivity index (χ2n) is 6.56. The van der Waals surface area contributed by atoms with E-state index in [0.717, 1.165) is 35.8 Å². The van der Waals surface area contributed by atoms with Crippen molar-refractivity contribution in [1.29, 1.82) is 0 Å². The molecular formula is C20H25ClN2O3S. The number of aryl methyl sites for hydroxylation is 2. The summed E-state index contributed by atoms with van der Waals surface area (Å²) in [5, 5.41) is 3.49. The smallest absolute Gasteiger partial charge is 0.235 e. The van der Waals surface area contributed by atoms with Gasteiger partial charge in [0.05, 0.1) is 12.8 Å². The highest BCUT2D eigenvalue weighted by Gasteiger charge is 2.20. The Morgan fingerprint density at radius 1 is 1.11 bits per heavy atom. The van der Waals surface area contributed by atoms with Gasteiger partial charge in [0, 0.05) is 18.1 Å². The lowest BCUT2D eigenvalue weighted by Gasteiger charge is -2.19. The molecule has 5 nitrogen and oxygen atoms in total. The highest BCUT2D eigenvalue weighted by atomic mass is 35.5. The lowest BCUT2D eigenvalue weighted by atomic mass is 10.1. The molecule has 0 aliphatic heterocycles. The zero-order chi connectivity index (χ0) is 19.9. The van der Waals surface area contributed by atoms with E-state index in [1.165, 1.54) is 4.31 Å².